The molecule has 16 heteroatoms. The van der Waals surface area contributed by atoms with Crippen molar-refractivity contribution in [1.82, 2.24) is 0 Å². The van der Waals surface area contributed by atoms with Gasteiger partial charge in [-0.15, -0.1) is 0 Å². The summed E-state index contributed by atoms with van der Waals surface area (Å²) in [6, 6.07) is 0. The average Bonchev–Trinajstić information content (AvgIpc) is 2.43. The number of carbonyl (C=O) groups excluding carboxylic acids is 3. The van der Waals surface area contributed by atoms with Gasteiger partial charge < -0.3 is 15.3 Å². The van der Waals surface area contributed by atoms with Crippen LogP contribution < -0.4 is 0 Å². The van der Waals surface area contributed by atoms with E-state index in [0.717, 1.165) is 20.8 Å². The fourth-order valence-electron chi connectivity index (χ4n) is 0.815. The number of hydrogen-bond donors (Lipinski definition) is 3. The minimum absolute atomic E-state index is 0. The van der Waals surface area contributed by atoms with Crippen LogP contribution in [0.15, 0.2) is 35.5 Å². The van der Waals surface area contributed by atoms with Crippen molar-refractivity contribution in [3.8, 4) is 0 Å². The molecule has 177 valence electrons. The van der Waals surface area contributed by atoms with Gasteiger partial charge in [0.1, 0.15) is 0 Å². The zero-order chi connectivity index (χ0) is 25.1. The Morgan fingerprint density at radius 3 is 0.677 bits per heavy atom. The van der Waals surface area contributed by atoms with E-state index in [0.29, 0.717) is 0 Å². The predicted molar refractivity (Wildman–Crippen MR) is 82.3 cm³/mol. The summed E-state index contributed by atoms with van der Waals surface area (Å²) in [6.45, 7) is 2.97. The third kappa shape index (κ3) is 24.5. The van der Waals surface area contributed by atoms with Crippen molar-refractivity contribution in [1.29, 1.82) is 0 Å². The minimum Gasteiger partial charge on any atom is -0.512 e. The first-order valence-corrected chi connectivity index (χ1v) is 6.97. The third-order valence-corrected chi connectivity index (χ3v) is 1.86. The molecule has 0 unspecified atom stereocenters. The van der Waals surface area contributed by atoms with Crippen LogP contribution in [0.4, 0.5) is 39.5 Å². The molecule has 0 aromatic carbocycles. The number of carbonyl (C=O) groups is 3. The van der Waals surface area contributed by atoms with Gasteiger partial charge in [0.25, 0.3) is 17.3 Å². The summed E-state index contributed by atoms with van der Waals surface area (Å²) in [6.07, 6.45) is -14.3. The fraction of sp³-hybridized carbons (Fsp3) is 0.400. The SMILES string of the molecule is C/C(O)=C/C(=O)C(F)(F)F.C/C(O)=C/C(=O)C(F)(F)F.C/C(O)=C\C(=O)C(F)(F)F.[Pr]. The molecule has 6 nitrogen and oxygen atoms in total. The smallest absolute Gasteiger partial charge is 0.454 e. The van der Waals surface area contributed by atoms with Gasteiger partial charge in [-0.2, -0.15) is 39.5 Å². The molecule has 0 amide bonds. The third-order valence-electron chi connectivity index (χ3n) is 1.86. The molecule has 3 N–H and O–H groups in total. The molecule has 0 bridgehead atoms. The van der Waals surface area contributed by atoms with Crippen LogP contribution in [0.5, 0.6) is 0 Å². The molecule has 0 aliphatic rings. The van der Waals surface area contributed by atoms with Crippen LogP contribution in [-0.2, 0) is 14.4 Å². The predicted octanol–water partition coefficient (Wildman–Crippen LogP) is 4.74. The summed E-state index contributed by atoms with van der Waals surface area (Å²) in [4.78, 5) is 29.7. The van der Waals surface area contributed by atoms with Gasteiger partial charge >= 0.3 is 18.5 Å². The van der Waals surface area contributed by atoms with E-state index < -0.39 is 53.2 Å². The number of allylic oxidation sites excluding steroid dienone is 6. The van der Waals surface area contributed by atoms with Gasteiger partial charge in [-0.05, 0) is 20.8 Å². The summed E-state index contributed by atoms with van der Waals surface area (Å²) in [5, 5.41) is 24.7. The Balaban J connectivity index is -0.000000174. The maximum Gasteiger partial charge on any atom is 0.454 e. The van der Waals surface area contributed by atoms with Crippen LogP contribution in [0.2, 0.25) is 0 Å². The van der Waals surface area contributed by atoms with Crippen molar-refractivity contribution in [3.63, 3.8) is 0 Å². The molecule has 0 spiro atoms. The Morgan fingerprint density at radius 1 is 0.516 bits per heavy atom. The second-order valence-corrected chi connectivity index (χ2v) is 4.94. The summed E-state index contributed by atoms with van der Waals surface area (Å²) >= 11 is 0. The molecule has 31 heavy (non-hydrogen) atoms. The number of aliphatic hydroxyl groups is 3. The first-order chi connectivity index (χ1) is 13.0. The van der Waals surface area contributed by atoms with Crippen LogP contribution in [0.3, 0.4) is 0 Å². The van der Waals surface area contributed by atoms with Crippen molar-refractivity contribution < 1.29 is 111 Å². The van der Waals surface area contributed by atoms with Gasteiger partial charge in [-0.1, -0.05) is 0 Å². The van der Waals surface area contributed by atoms with E-state index in [2.05, 4.69) is 0 Å². The monoisotopic (exact) mass is 603 g/mol. The molecule has 0 saturated carbocycles. The van der Waals surface area contributed by atoms with Crippen molar-refractivity contribution in [3.05, 3.63) is 35.5 Å². The van der Waals surface area contributed by atoms with Gasteiger partial charge in [0, 0.05) is 59.5 Å². The van der Waals surface area contributed by atoms with Crippen molar-refractivity contribution in [2.24, 2.45) is 0 Å². The maximum atomic E-state index is 11.3. The summed E-state index contributed by atoms with van der Waals surface area (Å²) in [5.74, 6) is -8.10. The number of aliphatic hydroxyl groups excluding tert-OH is 3. The van der Waals surface area contributed by atoms with E-state index in [9.17, 15) is 53.9 Å². The molecule has 0 atom stereocenters. The van der Waals surface area contributed by atoms with E-state index in [1.165, 1.54) is 0 Å². The Labute approximate surface area is 202 Å². The van der Waals surface area contributed by atoms with Gasteiger partial charge in [0.15, 0.2) is 0 Å². The van der Waals surface area contributed by atoms with Gasteiger partial charge in [0.05, 0.1) is 17.3 Å². The van der Waals surface area contributed by atoms with E-state index >= 15 is 0 Å². The second-order valence-electron chi connectivity index (χ2n) is 4.94. The van der Waals surface area contributed by atoms with E-state index in [-0.39, 0.29) is 59.5 Å². The quantitative estimate of drug-likeness (QED) is 0.244. The van der Waals surface area contributed by atoms with E-state index in [1.807, 2.05) is 0 Å². The molecule has 0 heterocycles. The first-order valence-electron chi connectivity index (χ1n) is 6.97. The molecule has 0 rings (SSSR count). The van der Waals surface area contributed by atoms with Crippen LogP contribution in [0, 0.1) is 41.3 Å². The zero-order valence-corrected chi connectivity index (χ0v) is 19.5. The standard InChI is InChI=1S/3C5H5F3O2.Pr/c3*1-3(9)2-4(10)5(6,7)8;/h3*2,9H,1H3;/b3-2+;2*3-2-;. The van der Waals surface area contributed by atoms with Crippen molar-refractivity contribution in [2.45, 2.75) is 39.3 Å². The number of hydrogen-bond acceptors (Lipinski definition) is 6. The largest absolute Gasteiger partial charge is 0.512 e. The molecule has 0 aliphatic heterocycles. The average molecular weight is 603 g/mol. The molecule has 0 aromatic rings. The molecule has 0 aromatic heterocycles. The number of alkyl halides is 9. The molecule has 0 saturated heterocycles. The summed E-state index contributed by atoms with van der Waals surface area (Å²) < 4.78 is 102. The van der Waals surface area contributed by atoms with Crippen LogP contribution >= 0.6 is 0 Å². The molecule has 0 fully saturated rings. The Bertz CT molecular complexity index is 594. The Hall–Kier alpha value is -1.64. The summed E-state index contributed by atoms with van der Waals surface area (Å²) in [5.41, 5.74) is 0. The fourth-order valence-corrected chi connectivity index (χ4v) is 0.815. The number of rotatable bonds is 3. The molecule has 1 radical (unpaired) electrons. The van der Waals surface area contributed by atoms with E-state index in [4.69, 9.17) is 15.3 Å². The normalized spacial score (nSPS) is 13.0. The van der Waals surface area contributed by atoms with Crippen molar-refractivity contribution >= 4 is 17.3 Å². The van der Waals surface area contributed by atoms with Gasteiger partial charge in [-0.25, -0.2) is 0 Å². The number of halogens is 9. The summed E-state index contributed by atoms with van der Waals surface area (Å²) in [7, 11) is 0. The topological polar surface area (TPSA) is 112 Å². The molecule has 0 aliphatic carbocycles. The molecular weight excluding hydrogens is 588 g/mol. The van der Waals surface area contributed by atoms with Gasteiger partial charge in [-0.3, -0.25) is 14.4 Å². The molecular formula is C15H15F9O6Pr. The Kier molecular flexibility index (Phi) is 18.0. The Morgan fingerprint density at radius 2 is 0.645 bits per heavy atom. The van der Waals surface area contributed by atoms with Gasteiger partial charge in [0.2, 0.25) is 0 Å². The second kappa shape index (κ2) is 15.2. The van der Waals surface area contributed by atoms with E-state index in [1.54, 1.807) is 0 Å². The number of ketones is 3. The van der Waals surface area contributed by atoms with Crippen LogP contribution in [0.1, 0.15) is 20.8 Å². The maximum absolute atomic E-state index is 11.3. The van der Waals surface area contributed by atoms with Crippen molar-refractivity contribution in [2.75, 3.05) is 0 Å². The van der Waals surface area contributed by atoms with Crippen LogP contribution in [-0.4, -0.2) is 51.2 Å². The van der Waals surface area contributed by atoms with Crippen LogP contribution in [0.25, 0.3) is 0 Å². The zero-order valence-electron chi connectivity index (χ0n) is 15.8. The first kappa shape index (κ1) is 36.7. The minimum atomic E-state index is -4.88.